The van der Waals surface area contributed by atoms with Gasteiger partial charge >= 0.3 is 0 Å². The Morgan fingerprint density at radius 1 is 0.875 bits per heavy atom. The molecule has 0 bridgehead atoms. The molecule has 0 aliphatic rings. The van der Waals surface area contributed by atoms with Gasteiger partial charge in [-0.3, -0.25) is 0 Å². The lowest BCUT2D eigenvalue weighted by atomic mass is 10.8. The summed E-state index contributed by atoms with van der Waals surface area (Å²) in [4.78, 5) is 0. The average molecular weight is 128 g/mol. The number of hydrogen-bond acceptors (Lipinski definition) is 1. The third-order valence-corrected chi connectivity index (χ3v) is 0.408. The highest BCUT2D eigenvalue weighted by Gasteiger charge is 1.64. The van der Waals surface area contributed by atoms with E-state index < -0.39 is 0 Å². The van der Waals surface area contributed by atoms with Crippen LogP contribution in [0.5, 0.6) is 0 Å². The molecule has 0 aromatic carbocycles. The van der Waals surface area contributed by atoms with Crippen molar-refractivity contribution in [3.63, 3.8) is 0 Å². The molecule has 0 saturated carbocycles. The van der Waals surface area contributed by atoms with E-state index in [-0.39, 0.29) is 16.4 Å². The van der Waals surface area contributed by atoms with Crippen molar-refractivity contribution in [2.75, 3.05) is 13.2 Å². The fraction of sp³-hybridized carbons (Fsp3) is 1.00. The van der Waals surface area contributed by atoms with E-state index in [1.54, 1.807) is 0 Å². The maximum Gasteiger partial charge on any atom is 0.0437 e. The van der Waals surface area contributed by atoms with E-state index in [2.05, 4.69) is 0 Å². The van der Waals surface area contributed by atoms with Crippen molar-refractivity contribution < 1.29 is 21.2 Å². The summed E-state index contributed by atoms with van der Waals surface area (Å²) in [5.41, 5.74) is 0. The van der Waals surface area contributed by atoms with Crippen LogP contribution in [0.4, 0.5) is 0 Å². The second kappa shape index (κ2) is 28.9. The van der Waals surface area contributed by atoms with Crippen molar-refractivity contribution >= 4 is 0 Å². The number of ether oxygens (including phenoxy) is 1. The lowest BCUT2D eigenvalue weighted by Crippen LogP contribution is -1.84. The zero-order valence-corrected chi connectivity index (χ0v) is 5.32. The van der Waals surface area contributed by atoms with Crippen LogP contribution in [0, 0.1) is 0 Å². The van der Waals surface area contributed by atoms with Gasteiger partial charge < -0.3 is 21.2 Å². The Kier molecular flexibility index (Phi) is 89.9. The summed E-state index contributed by atoms with van der Waals surface area (Å²) < 4.78 is 4.83. The fourth-order valence-electron chi connectivity index (χ4n) is 0.204. The summed E-state index contributed by atoms with van der Waals surface area (Å²) in [6.45, 7) is 5.67. The lowest BCUT2D eigenvalue weighted by Gasteiger charge is -1.86. The molecule has 0 fully saturated rings. The molecule has 0 aromatic heterocycles. The van der Waals surface area contributed by atoms with Crippen molar-refractivity contribution in [3.05, 3.63) is 0 Å². The number of hydrogen-bond donors (Lipinski definition) is 0. The highest BCUT2D eigenvalue weighted by atomic mass is 16.5. The van der Waals surface area contributed by atoms with Crippen LogP contribution in [0.15, 0.2) is 0 Å². The molecule has 0 aliphatic heterocycles. The van der Waals surface area contributed by atoms with Crippen LogP contribution < -0.4 is 0 Å². The van der Waals surface area contributed by atoms with E-state index in [9.17, 15) is 0 Å². The van der Waals surface area contributed by atoms with Gasteiger partial charge in [-0.15, -0.1) is 0 Å². The van der Waals surface area contributed by atoms with Gasteiger partial charge in [-0.2, -0.15) is 0 Å². The lowest BCUT2D eigenvalue weighted by molar-refractivity contribution is 0.162. The summed E-state index contributed by atoms with van der Waals surface area (Å²) in [6, 6.07) is 0. The zero-order chi connectivity index (χ0) is 4.12. The first-order chi connectivity index (χ1) is 2.41. The number of rotatable bonds is 2. The molecule has 8 heavy (non-hydrogen) atoms. The normalized spacial score (nSPS) is 5.25. The molecule has 4 heteroatoms. The summed E-state index contributed by atoms with van der Waals surface area (Å²) in [5.74, 6) is 0. The fourth-order valence-corrected chi connectivity index (χ4v) is 0.204. The van der Waals surface area contributed by atoms with Crippen molar-refractivity contribution in [1.29, 1.82) is 0 Å². The monoisotopic (exact) mass is 128 g/mol. The molecule has 0 aliphatic carbocycles. The van der Waals surface area contributed by atoms with E-state index in [0.717, 1.165) is 13.2 Å². The van der Waals surface area contributed by atoms with Gasteiger partial charge in [0, 0.05) is 13.2 Å². The van der Waals surface area contributed by atoms with Crippen molar-refractivity contribution in [3.8, 4) is 0 Å². The molecule has 4 nitrogen and oxygen atoms in total. The van der Waals surface area contributed by atoms with Gasteiger partial charge in [0.2, 0.25) is 0 Å². The maximum atomic E-state index is 4.83. The molecule has 0 radical (unpaired) electrons. The van der Waals surface area contributed by atoms with Gasteiger partial charge in [-0.25, -0.2) is 0 Å². The summed E-state index contributed by atoms with van der Waals surface area (Å²) in [6.07, 6.45) is 0. The Balaban J connectivity index is -0.0000000267. The zero-order valence-electron chi connectivity index (χ0n) is 5.32. The third kappa shape index (κ3) is 40.4. The molecular weight excluding hydrogens is 112 g/mol. The Labute approximate surface area is 49.4 Å². The molecule has 0 unspecified atom stereocenters. The summed E-state index contributed by atoms with van der Waals surface area (Å²) in [5, 5.41) is 0. The summed E-state index contributed by atoms with van der Waals surface area (Å²) in [7, 11) is 0. The van der Waals surface area contributed by atoms with E-state index >= 15 is 0 Å². The Morgan fingerprint density at radius 2 is 1.12 bits per heavy atom. The van der Waals surface area contributed by atoms with Crippen LogP contribution in [-0.4, -0.2) is 29.6 Å². The molecule has 0 rings (SSSR count). The van der Waals surface area contributed by atoms with Gasteiger partial charge in [-0.1, -0.05) is 0 Å². The van der Waals surface area contributed by atoms with E-state index in [1.807, 2.05) is 13.8 Å². The van der Waals surface area contributed by atoms with Crippen LogP contribution in [0.1, 0.15) is 13.8 Å². The largest absolute Gasteiger partial charge is 0.412 e. The molecule has 0 atom stereocenters. The van der Waals surface area contributed by atoms with Crippen LogP contribution in [0.25, 0.3) is 0 Å². The first-order valence-electron chi connectivity index (χ1n) is 1.99. The highest BCUT2D eigenvalue weighted by molar-refractivity contribution is 4.07. The first-order valence-corrected chi connectivity index (χ1v) is 1.99. The molecule has 0 amide bonds. The second-order valence-electron chi connectivity index (χ2n) is 0.781. The van der Waals surface area contributed by atoms with Crippen molar-refractivity contribution in [1.82, 2.24) is 0 Å². The van der Waals surface area contributed by atoms with Crippen LogP contribution in [-0.2, 0) is 4.74 Å². The molecule has 0 aromatic rings. The molecule has 56 valence electrons. The van der Waals surface area contributed by atoms with Crippen molar-refractivity contribution in [2.45, 2.75) is 13.8 Å². The topological polar surface area (TPSA) is 104 Å². The first kappa shape index (κ1) is 24.9. The average Bonchev–Trinajstić information content (AvgIpc) is 1.41. The van der Waals surface area contributed by atoms with Gasteiger partial charge in [0.05, 0.1) is 0 Å². The predicted molar refractivity (Wildman–Crippen MR) is 33.0 cm³/mol. The minimum absolute atomic E-state index is 0. The van der Waals surface area contributed by atoms with Crippen LogP contribution in [0.2, 0.25) is 0 Å². The SMILES string of the molecule is CCOCC.O.O.O. The van der Waals surface area contributed by atoms with Crippen LogP contribution in [0.3, 0.4) is 0 Å². The van der Waals surface area contributed by atoms with Gasteiger partial charge in [0.25, 0.3) is 0 Å². The Bertz CT molecular complexity index is 15.5. The minimum atomic E-state index is 0. The second-order valence-corrected chi connectivity index (χ2v) is 0.781. The highest BCUT2D eigenvalue weighted by Crippen LogP contribution is 1.64. The van der Waals surface area contributed by atoms with E-state index in [1.165, 1.54) is 0 Å². The van der Waals surface area contributed by atoms with Gasteiger partial charge in [0.15, 0.2) is 0 Å². The van der Waals surface area contributed by atoms with Gasteiger partial charge in [-0.05, 0) is 13.8 Å². The molecule has 0 spiro atoms. The maximum absolute atomic E-state index is 4.83. The van der Waals surface area contributed by atoms with Crippen LogP contribution >= 0.6 is 0 Å². The summed E-state index contributed by atoms with van der Waals surface area (Å²) >= 11 is 0. The minimum Gasteiger partial charge on any atom is -0.412 e. The quantitative estimate of drug-likeness (QED) is 0.447. The smallest absolute Gasteiger partial charge is 0.0437 e. The van der Waals surface area contributed by atoms with E-state index in [4.69, 9.17) is 4.74 Å². The Morgan fingerprint density at radius 3 is 1.12 bits per heavy atom. The van der Waals surface area contributed by atoms with E-state index in [0.29, 0.717) is 0 Å². The van der Waals surface area contributed by atoms with Crippen molar-refractivity contribution in [2.24, 2.45) is 0 Å². The molecular formula is C4H16O4. The third-order valence-electron chi connectivity index (χ3n) is 0.408. The van der Waals surface area contributed by atoms with Gasteiger partial charge in [0.1, 0.15) is 0 Å². The molecule has 0 saturated heterocycles. The standard InChI is InChI=1S/C4H10O.3H2O/c1-3-5-4-2;;;/h3-4H2,1-2H3;3*1H2. The Hall–Kier alpha value is -0.160. The molecule has 6 N–H and O–H groups in total. The molecule has 0 heterocycles. The predicted octanol–water partition coefficient (Wildman–Crippen LogP) is -1.43.